The molecular weight excluding hydrogens is 423 g/mol. The number of Topliss-reactive ketones (excluding diaryl/α,β-unsaturated/α-hetero) is 1. The van der Waals surface area contributed by atoms with Crippen molar-refractivity contribution in [3.05, 3.63) is 59.2 Å². The van der Waals surface area contributed by atoms with Crippen molar-refractivity contribution >= 4 is 17.4 Å². The minimum Gasteiger partial charge on any atom is -0.411 e. The van der Waals surface area contributed by atoms with Gasteiger partial charge in [0.1, 0.15) is 5.82 Å². The number of benzene rings is 1. The van der Waals surface area contributed by atoms with E-state index in [0.29, 0.717) is 29.8 Å². The molecule has 0 radical (unpaired) electrons. The number of hydrogen-bond acceptors (Lipinski definition) is 5. The molecule has 0 bridgehead atoms. The van der Waals surface area contributed by atoms with Crippen molar-refractivity contribution in [3.8, 4) is 0 Å². The third kappa shape index (κ3) is 5.33. The maximum Gasteiger partial charge on any atom is 0.255 e. The van der Waals surface area contributed by atoms with Crippen molar-refractivity contribution in [1.82, 2.24) is 14.4 Å². The molecule has 1 saturated heterocycles. The molecule has 8 heteroatoms. The number of likely N-dealkylation sites (tertiary alicyclic amines) is 1. The van der Waals surface area contributed by atoms with E-state index in [1.807, 2.05) is 17.0 Å². The standard InChI is InChI=1S/C25H31FN4O3/c1-28-13-10-23(27-33)21-16-30(17-22(21)25(28)32)12-3-2-11-29-14-8-19(9-15-29)24(31)18-4-6-20(26)7-5-18/h4-7,16-17,19,33H,2-3,8-15H2,1H3/b27-23+. The van der Waals surface area contributed by atoms with Crippen LogP contribution < -0.4 is 0 Å². The van der Waals surface area contributed by atoms with Gasteiger partial charge in [0.2, 0.25) is 0 Å². The fraction of sp³-hybridized carbons (Fsp3) is 0.480. The zero-order valence-corrected chi connectivity index (χ0v) is 19.0. The monoisotopic (exact) mass is 454 g/mol. The SMILES string of the molecule is CN1CC/C(=N\O)c2cn(CCCCN3CCC(C(=O)c4ccc(F)cc4)CC3)cc2C1=O. The molecule has 3 heterocycles. The van der Waals surface area contributed by atoms with E-state index >= 15 is 0 Å². The quantitative estimate of drug-likeness (QED) is 0.300. The first kappa shape index (κ1) is 23.2. The summed E-state index contributed by atoms with van der Waals surface area (Å²) in [6, 6.07) is 5.84. The first-order valence-corrected chi connectivity index (χ1v) is 11.6. The summed E-state index contributed by atoms with van der Waals surface area (Å²) in [5.41, 5.74) is 2.47. The number of ketones is 1. The second-order valence-electron chi connectivity index (χ2n) is 9.04. The fourth-order valence-corrected chi connectivity index (χ4v) is 4.76. The Labute approximate surface area is 193 Å². The number of fused-ring (bicyclic) bond motifs is 1. The number of aryl methyl sites for hydroxylation is 1. The minimum atomic E-state index is -0.321. The third-order valence-electron chi connectivity index (χ3n) is 6.80. The smallest absolute Gasteiger partial charge is 0.255 e. The number of nitrogens with zero attached hydrogens (tertiary/aromatic N) is 4. The molecule has 0 saturated carbocycles. The van der Waals surface area contributed by atoms with E-state index < -0.39 is 0 Å². The van der Waals surface area contributed by atoms with Crippen molar-refractivity contribution in [2.45, 2.75) is 38.6 Å². The van der Waals surface area contributed by atoms with Gasteiger partial charge in [-0.1, -0.05) is 5.16 Å². The lowest BCUT2D eigenvalue weighted by atomic mass is 9.89. The van der Waals surface area contributed by atoms with Crippen LogP contribution in [0.3, 0.4) is 0 Å². The molecule has 1 N–H and O–H groups in total. The van der Waals surface area contributed by atoms with Crippen LogP contribution in [0.15, 0.2) is 41.8 Å². The Balaban J connectivity index is 1.23. The van der Waals surface area contributed by atoms with Crippen molar-refractivity contribution < 1.29 is 19.2 Å². The Bertz CT molecular complexity index is 1020. The highest BCUT2D eigenvalue weighted by atomic mass is 19.1. The molecule has 1 fully saturated rings. The summed E-state index contributed by atoms with van der Waals surface area (Å²) in [4.78, 5) is 29.2. The Morgan fingerprint density at radius 1 is 1.06 bits per heavy atom. The number of unbranched alkanes of at least 4 members (excludes halogenated alkanes) is 1. The highest BCUT2D eigenvalue weighted by molar-refractivity contribution is 6.11. The second-order valence-corrected chi connectivity index (χ2v) is 9.04. The zero-order valence-electron chi connectivity index (χ0n) is 19.0. The molecule has 4 rings (SSSR count). The second kappa shape index (κ2) is 10.3. The number of halogens is 1. The fourth-order valence-electron chi connectivity index (χ4n) is 4.76. The summed E-state index contributed by atoms with van der Waals surface area (Å²) in [6.45, 7) is 4.10. The molecule has 33 heavy (non-hydrogen) atoms. The van der Waals surface area contributed by atoms with Gasteiger partial charge in [-0.3, -0.25) is 9.59 Å². The highest BCUT2D eigenvalue weighted by Crippen LogP contribution is 2.23. The van der Waals surface area contributed by atoms with E-state index in [2.05, 4.69) is 10.1 Å². The lowest BCUT2D eigenvalue weighted by molar-refractivity contribution is 0.0800. The summed E-state index contributed by atoms with van der Waals surface area (Å²) in [6.07, 6.45) is 7.96. The molecule has 2 aromatic rings. The van der Waals surface area contributed by atoms with Crippen molar-refractivity contribution in [3.63, 3.8) is 0 Å². The van der Waals surface area contributed by atoms with Gasteiger partial charge >= 0.3 is 0 Å². The van der Waals surface area contributed by atoms with Gasteiger partial charge in [-0.05, 0) is 69.6 Å². The van der Waals surface area contributed by atoms with Gasteiger partial charge in [-0.25, -0.2) is 4.39 Å². The molecule has 0 unspecified atom stereocenters. The first-order valence-electron chi connectivity index (χ1n) is 11.6. The molecule has 1 amide bonds. The number of piperidine rings is 1. The Morgan fingerprint density at radius 2 is 1.73 bits per heavy atom. The van der Waals surface area contributed by atoms with Gasteiger partial charge in [-0.2, -0.15) is 0 Å². The van der Waals surface area contributed by atoms with Gasteiger partial charge in [0.15, 0.2) is 5.78 Å². The first-order chi connectivity index (χ1) is 16.0. The topological polar surface area (TPSA) is 78.1 Å². The largest absolute Gasteiger partial charge is 0.411 e. The van der Waals surface area contributed by atoms with E-state index in [1.54, 1.807) is 24.1 Å². The van der Waals surface area contributed by atoms with Crippen LogP contribution in [-0.4, -0.2) is 70.2 Å². The zero-order chi connectivity index (χ0) is 23.4. The molecule has 7 nitrogen and oxygen atoms in total. The molecule has 1 aromatic carbocycles. The van der Waals surface area contributed by atoms with E-state index in [0.717, 1.165) is 57.4 Å². The maximum atomic E-state index is 13.1. The summed E-state index contributed by atoms with van der Waals surface area (Å²) < 4.78 is 15.1. The van der Waals surface area contributed by atoms with Crippen molar-refractivity contribution in [1.29, 1.82) is 0 Å². The number of oxime groups is 1. The van der Waals surface area contributed by atoms with Gasteiger partial charge in [0.05, 0.1) is 11.3 Å². The number of aromatic nitrogens is 1. The van der Waals surface area contributed by atoms with Gasteiger partial charge in [0, 0.05) is 56.0 Å². The maximum absolute atomic E-state index is 13.1. The molecule has 0 atom stereocenters. The summed E-state index contributed by atoms with van der Waals surface area (Å²) >= 11 is 0. The lowest BCUT2D eigenvalue weighted by Gasteiger charge is -2.31. The Hall–Kier alpha value is -3.00. The third-order valence-corrected chi connectivity index (χ3v) is 6.80. The van der Waals surface area contributed by atoms with Crippen LogP contribution in [0.1, 0.15) is 58.4 Å². The number of carbonyl (C=O) groups excluding carboxylic acids is 2. The Morgan fingerprint density at radius 3 is 2.42 bits per heavy atom. The number of carbonyl (C=O) groups is 2. The van der Waals surface area contributed by atoms with Crippen molar-refractivity contribution in [2.24, 2.45) is 11.1 Å². The van der Waals surface area contributed by atoms with Crippen LogP contribution in [0.2, 0.25) is 0 Å². The predicted molar refractivity (Wildman–Crippen MR) is 123 cm³/mol. The summed E-state index contributed by atoms with van der Waals surface area (Å²) in [5, 5.41) is 12.7. The molecule has 0 aliphatic carbocycles. The van der Waals surface area contributed by atoms with Crippen LogP contribution in [0.25, 0.3) is 0 Å². The predicted octanol–water partition coefficient (Wildman–Crippen LogP) is 3.66. The van der Waals surface area contributed by atoms with Crippen LogP contribution in [0, 0.1) is 11.7 Å². The molecule has 1 aromatic heterocycles. The van der Waals surface area contributed by atoms with E-state index in [4.69, 9.17) is 0 Å². The van der Waals surface area contributed by atoms with Crippen LogP contribution in [0.4, 0.5) is 4.39 Å². The number of hydrogen-bond donors (Lipinski definition) is 1. The van der Waals surface area contributed by atoms with E-state index in [-0.39, 0.29) is 23.4 Å². The van der Waals surface area contributed by atoms with E-state index in [1.165, 1.54) is 12.1 Å². The summed E-state index contributed by atoms with van der Waals surface area (Å²) in [7, 11) is 1.76. The van der Waals surface area contributed by atoms with Gasteiger partial charge in [-0.15, -0.1) is 0 Å². The number of rotatable bonds is 7. The van der Waals surface area contributed by atoms with Crippen LogP contribution >= 0.6 is 0 Å². The molecular formula is C25H31FN4O3. The summed E-state index contributed by atoms with van der Waals surface area (Å²) in [5.74, 6) is -0.230. The minimum absolute atomic E-state index is 0.0139. The normalized spacial score (nSPS) is 19.0. The molecule has 0 spiro atoms. The van der Waals surface area contributed by atoms with Crippen LogP contribution in [-0.2, 0) is 6.54 Å². The van der Waals surface area contributed by atoms with Crippen LogP contribution in [0.5, 0.6) is 0 Å². The molecule has 176 valence electrons. The average Bonchev–Trinajstić information content (AvgIpc) is 3.21. The van der Waals surface area contributed by atoms with E-state index in [9.17, 15) is 19.2 Å². The molecule has 2 aliphatic rings. The number of amides is 1. The highest BCUT2D eigenvalue weighted by Gasteiger charge is 2.27. The average molecular weight is 455 g/mol. The lowest BCUT2D eigenvalue weighted by Crippen LogP contribution is -2.37. The Kier molecular flexibility index (Phi) is 7.23. The van der Waals surface area contributed by atoms with Gasteiger partial charge in [0.25, 0.3) is 5.91 Å². The van der Waals surface area contributed by atoms with Crippen molar-refractivity contribution in [2.75, 3.05) is 33.2 Å². The van der Waals surface area contributed by atoms with Gasteiger partial charge < -0.3 is 19.6 Å². The molecule has 2 aliphatic heterocycles.